The van der Waals surface area contributed by atoms with Crippen LogP contribution < -0.4 is 0 Å². The average molecular weight is 262 g/mol. The number of hydrogen-bond acceptors (Lipinski definition) is 1. The van der Waals surface area contributed by atoms with Crippen LogP contribution in [0.4, 0.5) is 0 Å². The van der Waals surface area contributed by atoms with Crippen molar-refractivity contribution in [3.8, 4) is 0 Å². The van der Waals surface area contributed by atoms with E-state index >= 15 is 0 Å². The van der Waals surface area contributed by atoms with Crippen molar-refractivity contribution in [1.82, 2.24) is 0 Å². The third-order valence-electron chi connectivity index (χ3n) is 3.17. The van der Waals surface area contributed by atoms with Gasteiger partial charge in [0.15, 0.2) is 0 Å². The van der Waals surface area contributed by atoms with Crippen LogP contribution in [0.15, 0.2) is 30.4 Å². The quantitative estimate of drug-likeness (QED) is 0.606. The summed E-state index contributed by atoms with van der Waals surface area (Å²) in [5, 5.41) is 10.1. The second-order valence-electron chi connectivity index (χ2n) is 6.33. The molecule has 1 aromatic carbocycles. The summed E-state index contributed by atoms with van der Waals surface area (Å²) >= 11 is 0. The molecule has 0 heterocycles. The Morgan fingerprint density at radius 1 is 1.11 bits per heavy atom. The molecular formula is C16H26OSi. The Morgan fingerprint density at radius 2 is 1.78 bits per heavy atom. The van der Waals surface area contributed by atoms with Gasteiger partial charge in [-0.25, -0.2) is 0 Å². The van der Waals surface area contributed by atoms with Gasteiger partial charge in [-0.1, -0.05) is 50.0 Å². The Bertz CT molecular complexity index is 416. The summed E-state index contributed by atoms with van der Waals surface area (Å²) in [6, 6.07) is 7.39. The minimum absolute atomic E-state index is 0.373. The molecule has 0 saturated carbocycles. The molecule has 0 amide bonds. The number of benzene rings is 1. The fourth-order valence-corrected chi connectivity index (χ4v) is 2.64. The van der Waals surface area contributed by atoms with Crippen molar-refractivity contribution in [2.45, 2.75) is 52.1 Å². The lowest BCUT2D eigenvalue weighted by molar-refractivity contribution is 0.181. The largest absolute Gasteiger partial charge is 0.388 e. The molecule has 1 nitrogen and oxygen atoms in total. The summed E-state index contributed by atoms with van der Waals surface area (Å²) in [6.45, 7) is 11.3. The number of aliphatic hydroxyl groups is 1. The van der Waals surface area contributed by atoms with Crippen molar-refractivity contribution in [1.29, 1.82) is 0 Å². The smallest absolute Gasteiger partial charge is 0.0824 e. The van der Waals surface area contributed by atoms with Crippen LogP contribution in [0, 0.1) is 13.8 Å². The summed E-state index contributed by atoms with van der Waals surface area (Å²) in [6.07, 6.45) is 4.70. The molecule has 1 rings (SSSR count). The van der Waals surface area contributed by atoms with Crippen molar-refractivity contribution in [3.63, 3.8) is 0 Å². The van der Waals surface area contributed by atoms with E-state index in [1.165, 1.54) is 17.2 Å². The summed E-state index contributed by atoms with van der Waals surface area (Å²) in [5.74, 6) is 0. The first-order valence-corrected chi connectivity index (χ1v) is 10.4. The normalized spacial score (nSPS) is 14.1. The van der Waals surface area contributed by atoms with Gasteiger partial charge in [-0.05, 0) is 43.0 Å². The molecule has 0 aliphatic rings. The van der Waals surface area contributed by atoms with Gasteiger partial charge in [0.2, 0.25) is 0 Å². The maximum atomic E-state index is 10.1. The molecule has 1 atom stereocenters. The Balaban J connectivity index is 2.55. The zero-order valence-corrected chi connectivity index (χ0v) is 13.3. The molecule has 0 aromatic heterocycles. The lowest BCUT2D eigenvalue weighted by atomic mass is 10.0. The number of aliphatic hydroxyl groups excluding tert-OH is 1. The van der Waals surface area contributed by atoms with Gasteiger partial charge >= 0.3 is 0 Å². The average Bonchev–Trinajstić information content (AvgIpc) is 2.26. The van der Waals surface area contributed by atoms with Crippen LogP contribution in [0.3, 0.4) is 0 Å². The molecule has 0 saturated heterocycles. The minimum Gasteiger partial charge on any atom is -0.388 e. The third kappa shape index (κ3) is 5.19. The summed E-state index contributed by atoms with van der Waals surface area (Å²) in [7, 11) is -0.993. The summed E-state index contributed by atoms with van der Waals surface area (Å²) in [4.78, 5) is 0. The maximum absolute atomic E-state index is 10.1. The predicted molar refractivity (Wildman–Crippen MR) is 82.8 cm³/mol. The van der Waals surface area contributed by atoms with Crippen molar-refractivity contribution in [2.75, 3.05) is 0 Å². The van der Waals surface area contributed by atoms with Crippen LogP contribution in [0.5, 0.6) is 0 Å². The highest BCUT2D eigenvalue weighted by molar-refractivity contribution is 6.76. The Morgan fingerprint density at radius 3 is 2.33 bits per heavy atom. The first-order valence-electron chi connectivity index (χ1n) is 6.70. The van der Waals surface area contributed by atoms with Crippen LogP contribution in [0.1, 0.15) is 29.2 Å². The van der Waals surface area contributed by atoms with E-state index in [1.807, 2.05) is 6.07 Å². The Hall–Kier alpha value is -0.863. The van der Waals surface area contributed by atoms with E-state index in [0.29, 0.717) is 6.42 Å². The van der Waals surface area contributed by atoms with E-state index in [-0.39, 0.29) is 6.10 Å². The molecule has 0 aliphatic heterocycles. The highest BCUT2D eigenvalue weighted by atomic mass is 28.3. The first kappa shape index (κ1) is 15.2. The zero-order valence-electron chi connectivity index (χ0n) is 12.3. The molecular weight excluding hydrogens is 236 g/mol. The molecule has 0 aliphatic carbocycles. The number of allylic oxidation sites excluding steroid dienone is 1. The molecule has 1 aromatic rings. The van der Waals surface area contributed by atoms with Crippen LogP contribution >= 0.6 is 0 Å². The van der Waals surface area contributed by atoms with Gasteiger partial charge in [-0.15, -0.1) is 0 Å². The predicted octanol–water partition coefficient (Wildman–Crippen LogP) is 4.62. The fraction of sp³-hybridized carbons (Fsp3) is 0.500. The molecule has 1 N–H and O–H groups in total. The lowest BCUT2D eigenvalue weighted by Gasteiger charge is -2.13. The second-order valence-corrected chi connectivity index (χ2v) is 11.9. The highest BCUT2D eigenvalue weighted by Crippen LogP contribution is 2.20. The lowest BCUT2D eigenvalue weighted by Crippen LogP contribution is -2.17. The Kier molecular flexibility index (Phi) is 5.36. The van der Waals surface area contributed by atoms with Gasteiger partial charge in [-0.2, -0.15) is 0 Å². The van der Waals surface area contributed by atoms with E-state index in [9.17, 15) is 5.11 Å². The highest BCUT2D eigenvalue weighted by Gasteiger charge is 2.10. The number of aryl methyl sites for hydroxylation is 2. The number of rotatable bonds is 5. The maximum Gasteiger partial charge on any atom is 0.0824 e. The molecule has 2 heteroatoms. The van der Waals surface area contributed by atoms with Gasteiger partial charge in [0.05, 0.1) is 6.10 Å². The molecule has 100 valence electrons. The molecule has 0 fully saturated rings. The Labute approximate surface area is 113 Å². The van der Waals surface area contributed by atoms with Crippen molar-refractivity contribution in [2.24, 2.45) is 0 Å². The first-order chi connectivity index (χ1) is 8.29. The summed E-state index contributed by atoms with van der Waals surface area (Å²) in [5.41, 5.74) is 3.55. The van der Waals surface area contributed by atoms with Gasteiger partial charge in [-0.3, -0.25) is 0 Å². The van der Waals surface area contributed by atoms with Gasteiger partial charge < -0.3 is 5.11 Å². The van der Waals surface area contributed by atoms with E-state index in [4.69, 9.17) is 0 Å². The molecule has 18 heavy (non-hydrogen) atoms. The van der Waals surface area contributed by atoms with E-state index in [2.05, 4.69) is 57.8 Å². The number of hydrogen-bond donors (Lipinski definition) is 1. The van der Waals surface area contributed by atoms with Crippen LogP contribution in [0.25, 0.3) is 0 Å². The zero-order chi connectivity index (χ0) is 13.8. The summed E-state index contributed by atoms with van der Waals surface area (Å²) < 4.78 is 0. The van der Waals surface area contributed by atoms with Gasteiger partial charge in [0.1, 0.15) is 0 Å². The van der Waals surface area contributed by atoms with Crippen LogP contribution in [0.2, 0.25) is 25.7 Å². The topological polar surface area (TPSA) is 20.2 Å². The van der Waals surface area contributed by atoms with Crippen molar-refractivity contribution < 1.29 is 5.11 Å². The van der Waals surface area contributed by atoms with Crippen molar-refractivity contribution in [3.05, 3.63) is 47.0 Å². The standard InChI is InChI=1S/C16H26OSi/c1-13-9-10-15(12-14(13)2)16(17)8-6-7-11-18(3,4)5/h6-7,9-10,12,16-17H,8,11H2,1-5H3/b7-6-. The molecule has 0 radical (unpaired) electrons. The molecule has 0 spiro atoms. The minimum atomic E-state index is -0.993. The fourth-order valence-electron chi connectivity index (χ4n) is 1.77. The monoisotopic (exact) mass is 262 g/mol. The van der Waals surface area contributed by atoms with Crippen LogP contribution in [-0.2, 0) is 0 Å². The van der Waals surface area contributed by atoms with E-state index < -0.39 is 8.07 Å². The van der Waals surface area contributed by atoms with Crippen LogP contribution in [-0.4, -0.2) is 13.2 Å². The van der Waals surface area contributed by atoms with Crippen molar-refractivity contribution >= 4 is 8.07 Å². The SMILES string of the molecule is Cc1ccc(C(O)C/C=C\C[Si](C)(C)C)cc1C. The van der Waals surface area contributed by atoms with Gasteiger partial charge in [0.25, 0.3) is 0 Å². The van der Waals surface area contributed by atoms with Gasteiger partial charge in [0, 0.05) is 8.07 Å². The third-order valence-corrected chi connectivity index (χ3v) is 4.63. The van der Waals surface area contributed by atoms with E-state index in [1.54, 1.807) is 0 Å². The second kappa shape index (κ2) is 6.35. The van der Waals surface area contributed by atoms with E-state index in [0.717, 1.165) is 5.56 Å². The molecule has 1 unspecified atom stereocenters. The molecule has 0 bridgehead atoms.